The van der Waals surface area contributed by atoms with Gasteiger partial charge in [-0.1, -0.05) is 45.9 Å². The molecule has 0 bridgehead atoms. The van der Waals surface area contributed by atoms with Crippen molar-refractivity contribution < 1.29 is 4.43 Å². The van der Waals surface area contributed by atoms with Crippen LogP contribution in [0.1, 0.15) is 63.5 Å². The topological polar surface area (TPSA) is 9.23 Å². The molecule has 2 unspecified atom stereocenters. The Bertz CT molecular complexity index is 381. The quantitative estimate of drug-likeness (QED) is 0.397. The highest BCUT2D eigenvalue weighted by Crippen LogP contribution is 2.28. The summed E-state index contributed by atoms with van der Waals surface area (Å²) < 4.78 is 5.67. The van der Waals surface area contributed by atoms with Gasteiger partial charge in [0.1, 0.15) is 0 Å². The minimum absolute atomic E-state index is 0.412. The predicted octanol–water partition coefficient (Wildman–Crippen LogP) is 4.21. The van der Waals surface area contributed by atoms with E-state index in [0.717, 1.165) is 0 Å². The number of alkyl halides is 1. The van der Waals surface area contributed by atoms with Gasteiger partial charge in [0.15, 0.2) is 0 Å². The van der Waals surface area contributed by atoms with Crippen LogP contribution in [0, 0.1) is 0 Å². The van der Waals surface area contributed by atoms with Crippen LogP contribution < -0.4 is 5.19 Å². The normalized spacial score (nSPS) is 14.4. The second kappa shape index (κ2) is 8.78. The third-order valence-corrected chi connectivity index (χ3v) is 4.91. The number of hydrogen-bond acceptors (Lipinski definition) is 1. The Morgan fingerprint density at radius 1 is 1.16 bits per heavy atom. The van der Waals surface area contributed by atoms with E-state index in [1.165, 1.54) is 29.2 Å². The molecule has 0 aliphatic rings. The summed E-state index contributed by atoms with van der Waals surface area (Å²) >= 11 is 5.68. The molecular weight excluding hydrogens is 272 g/mol. The lowest BCUT2D eigenvalue weighted by Crippen LogP contribution is -2.26. The zero-order valence-electron chi connectivity index (χ0n) is 12.5. The molecule has 2 atom stereocenters. The van der Waals surface area contributed by atoms with Crippen LogP contribution in [-0.4, -0.2) is 22.3 Å². The lowest BCUT2D eigenvalue weighted by molar-refractivity contribution is 0.370. The third kappa shape index (κ3) is 4.62. The smallest absolute Gasteiger partial charge is 0.269 e. The van der Waals surface area contributed by atoms with Gasteiger partial charge in [-0.15, -0.1) is 11.6 Å². The molecule has 2 radical (unpaired) electrons. The lowest BCUT2D eigenvalue weighted by Gasteiger charge is -2.22. The van der Waals surface area contributed by atoms with Crippen molar-refractivity contribution in [1.82, 2.24) is 0 Å². The monoisotopic (exact) mass is 296 g/mol. The van der Waals surface area contributed by atoms with Gasteiger partial charge >= 0.3 is 0 Å². The number of hydrogen-bond donors (Lipinski definition) is 0. The van der Waals surface area contributed by atoms with Crippen LogP contribution in [0.2, 0.25) is 0 Å². The molecule has 1 rings (SSSR count). The van der Waals surface area contributed by atoms with Gasteiger partial charge in [0.2, 0.25) is 0 Å². The second-order valence-electron chi connectivity index (χ2n) is 5.07. The van der Waals surface area contributed by atoms with Crippen LogP contribution in [0.5, 0.6) is 0 Å². The van der Waals surface area contributed by atoms with Crippen molar-refractivity contribution in [3.8, 4) is 0 Å². The van der Waals surface area contributed by atoms with E-state index in [2.05, 4.69) is 45.9 Å². The lowest BCUT2D eigenvalue weighted by atomic mass is 9.86. The number of halogens is 1. The van der Waals surface area contributed by atoms with Gasteiger partial charge in [-0.3, -0.25) is 0 Å². The molecule has 0 amide bonds. The average molecular weight is 297 g/mol. The predicted molar refractivity (Wildman–Crippen MR) is 85.9 cm³/mol. The summed E-state index contributed by atoms with van der Waals surface area (Å²) in [4.78, 5) is 0. The summed E-state index contributed by atoms with van der Waals surface area (Å²) in [5.41, 5.74) is 3.00. The molecule has 0 fully saturated rings. The first-order valence-corrected chi connectivity index (χ1v) is 8.66. The van der Waals surface area contributed by atoms with Crippen LogP contribution in [-0.2, 0) is 4.43 Å². The Morgan fingerprint density at radius 2 is 1.84 bits per heavy atom. The first-order chi connectivity index (χ1) is 9.15. The Balaban J connectivity index is 3.07. The summed E-state index contributed by atoms with van der Waals surface area (Å²) in [6.07, 6.45) is 2.35. The average Bonchev–Trinajstić information content (AvgIpc) is 2.45. The van der Waals surface area contributed by atoms with Crippen LogP contribution in [0.4, 0.5) is 0 Å². The van der Waals surface area contributed by atoms with Gasteiger partial charge in [0.25, 0.3) is 9.76 Å². The molecule has 1 aromatic carbocycles. The van der Waals surface area contributed by atoms with Crippen molar-refractivity contribution in [1.29, 1.82) is 0 Å². The summed E-state index contributed by atoms with van der Waals surface area (Å²) in [6.45, 7) is 9.77. The largest absolute Gasteiger partial charge is 0.410 e. The third-order valence-electron chi connectivity index (χ3n) is 3.75. The molecule has 0 N–H and O–H groups in total. The second-order valence-corrected chi connectivity index (χ2v) is 6.48. The first kappa shape index (κ1) is 16.7. The van der Waals surface area contributed by atoms with Crippen molar-refractivity contribution in [2.75, 3.05) is 12.5 Å². The Labute approximate surface area is 125 Å². The van der Waals surface area contributed by atoms with Gasteiger partial charge in [-0.05, 0) is 41.0 Å². The molecule has 1 aromatic rings. The molecule has 0 saturated carbocycles. The van der Waals surface area contributed by atoms with Gasteiger partial charge in [0.05, 0.1) is 0 Å². The van der Waals surface area contributed by atoms with Gasteiger partial charge in [-0.25, -0.2) is 0 Å². The van der Waals surface area contributed by atoms with Crippen LogP contribution in [0.3, 0.4) is 0 Å². The van der Waals surface area contributed by atoms with Gasteiger partial charge in [-0.2, -0.15) is 0 Å². The molecule has 1 nitrogen and oxygen atoms in total. The van der Waals surface area contributed by atoms with E-state index in [1.54, 1.807) is 0 Å². The molecule has 0 aliphatic carbocycles. The summed E-state index contributed by atoms with van der Waals surface area (Å²) in [6, 6.07) is 6.66. The molecule has 3 heteroatoms. The van der Waals surface area contributed by atoms with E-state index >= 15 is 0 Å². The fraction of sp³-hybridized carbons (Fsp3) is 0.625. The van der Waals surface area contributed by atoms with Crippen LogP contribution in [0.15, 0.2) is 18.2 Å². The number of benzene rings is 1. The van der Waals surface area contributed by atoms with E-state index in [1.807, 2.05) is 0 Å². The van der Waals surface area contributed by atoms with Crippen molar-refractivity contribution >= 4 is 26.6 Å². The van der Waals surface area contributed by atoms with Gasteiger partial charge < -0.3 is 4.43 Å². The number of rotatable bonds is 8. The SMILES string of the molecule is CCC(C)c1cccc([Si]OCCCl)c1C(C)CC. The fourth-order valence-electron chi connectivity index (χ4n) is 2.24. The Hall–Kier alpha value is -0.313. The summed E-state index contributed by atoms with van der Waals surface area (Å²) in [5, 5.41) is 1.36. The molecule has 0 saturated heterocycles. The highest BCUT2D eigenvalue weighted by atomic mass is 35.5. The Morgan fingerprint density at radius 3 is 2.42 bits per heavy atom. The van der Waals surface area contributed by atoms with Crippen LogP contribution in [0.25, 0.3) is 0 Å². The van der Waals surface area contributed by atoms with E-state index in [0.29, 0.717) is 34.1 Å². The fourth-order valence-corrected chi connectivity index (χ4v) is 3.47. The van der Waals surface area contributed by atoms with E-state index in [-0.39, 0.29) is 0 Å². The maximum absolute atomic E-state index is 5.68. The minimum Gasteiger partial charge on any atom is -0.410 e. The van der Waals surface area contributed by atoms with E-state index in [4.69, 9.17) is 16.0 Å². The first-order valence-electron chi connectivity index (χ1n) is 7.22. The maximum atomic E-state index is 5.68. The van der Waals surface area contributed by atoms with Crippen molar-refractivity contribution in [2.24, 2.45) is 0 Å². The summed E-state index contributed by atoms with van der Waals surface area (Å²) in [5.74, 6) is 1.77. The molecule has 0 aliphatic heterocycles. The molecule has 0 spiro atoms. The molecule has 0 heterocycles. The molecular formula is C16H25ClOSi. The highest BCUT2D eigenvalue weighted by molar-refractivity contribution is 6.47. The van der Waals surface area contributed by atoms with E-state index in [9.17, 15) is 0 Å². The van der Waals surface area contributed by atoms with Crippen molar-refractivity contribution in [3.05, 3.63) is 29.3 Å². The summed E-state index contributed by atoms with van der Waals surface area (Å²) in [7, 11) is 0.412. The molecule has 19 heavy (non-hydrogen) atoms. The zero-order chi connectivity index (χ0) is 14.3. The Kier molecular flexibility index (Phi) is 7.73. The standard InChI is InChI=1S/C16H25ClOSi/c1-5-12(3)14-8-7-9-15(19-18-11-10-17)16(14)13(4)6-2/h7-9,12-13H,5-6,10-11H2,1-4H3. The maximum Gasteiger partial charge on any atom is 0.269 e. The van der Waals surface area contributed by atoms with Gasteiger partial charge in [0, 0.05) is 12.5 Å². The molecule has 0 aromatic heterocycles. The van der Waals surface area contributed by atoms with Crippen molar-refractivity contribution in [3.63, 3.8) is 0 Å². The highest BCUT2D eigenvalue weighted by Gasteiger charge is 2.17. The molecule has 106 valence electrons. The zero-order valence-corrected chi connectivity index (χ0v) is 14.3. The minimum atomic E-state index is 0.412. The van der Waals surface area contributed by atoms with Crippen molar-refractivity contribution in [2.45, 2.75) is 52.4 Å². The van der Waals surface area contributed by atoms with Crippen LogP contribution >= 0.6 is 11.6 Å². The van der Waals surface area contributed by atoms with E-state index < -0.39 is 0 Å².